The molecule has 6 aliphatic rings. The molecule has 0 aromatic heterocycles. The zero-order valence-electron chi connectivity index (χ0n) is 58.5. The predicted octanol–water partition coefficient (Wildman–Crippen LogP) is -5.11. The van der Waals surface area contributed by atoms with Gasteiger partial charge in [-0.3, -0.25) is 28.8 Å². The molecule has 36 nitrogen and oxygen atoms in total. The molecule has 6 fully saturated rings. The van der Waals surface area contributed by atoms with Gasteiger partial charge in [-0.15, -0.1) is 0 Å². The van der Waals surface area contributed by atoms with Gasteiger partial charge in [0.2, 0.25) is 29.5 Å². The molecule has 0 aliphatic carbocycles. The first kappa shape index (κ1) is 85.5. The monoisotopic (exact) mass is 1460 g/mol. The molecule has 30 atom stereocenters. The number of aliphatic hydroxyl groups is 12. The third-order valence-corrected chi connectivity index (χ3v) is 18.5. The molecule has 17 N–H and O–H groups in total. The predicted molar refractivity (Wildman–Crippen MR) is 344 cm³/mol. The Balaban J connectivity index is 1.17. The number of methoxy groups -OCH3 is 1. The summed E-state index contributed by atoms with van der Waals surface area (Å²) in [7, 11) is 1.21. The quantitative estimate of drug-likeness (QED) is 0.0157. The van der Waals surface area contributed by atoms with Crippen molar-refractivity contribution in [1.29, 1.82) is 0 Å². The van der Waals surface area contributed by atoms with Crippen molar-refractivity contribution in [2.75, 3.05) is 40.1 Å². The molecule has 6 saturated heterocycles. The summed E-state index contributed by atoms with van der Waals surface area (Å²) < 4.78 is 77.4. The number of hydrogen-bond donors (Lipinski definition) is 17. The Hall–Kier alpha value is -4.40. The number of esters is 1. The molecule has 5 amide bonds. The second-order valence-electron chi connectivity index (χ2n) is 26.5. The molecule has 0 bridgehead atoms. The van der Waals surface area contributed by atoms with E-state index in [0.29, 0.717) is 6.42 Å². The maximum atomic E-state index is 13.6. The SMILES string of the molecule is CCCCCC/C=C\CCCCCCCCCC(=O)NC1[C@H](O[C@@H]2C(CO)O[C@@H](O[C@@H]3C(CO)O[C@@H](O[C@@H]4C(CO)O[C@@H](O[C@@H]5C(CO[C@@H]6OC(C)[C@@H](O)[C@@H](O)C6OC)O[C@@H](O)C(NC(C)=O)[C@H]5O)C(NC(C)=O)[C@H]4O)C(NC(C)=O)[C@H]3O)C(NC(C)=O)[C@H]2O)OC(COC(C)=O)[C@@H](O)[C@@H]1O. The first-order chi connectivity index (χ1) is 48.1. The summed E-state index contributed by atoms with van der Waals surface area (Å²) in [6.07, 6.45) is -25.3. The summed E-state index contributed by atoms with van der Waals surface area (Å²) in [4.78, 5) is 76.7. The Bertz CT molecular complexity index is 2570. The number of rotatable bonds is 37. The van der Waals surface area contributed by atoms with Crippen molar-refractivity contribution in [3.05, 3.63) is 12.2 Å². The van der Waals surface area contributed by atoms with Gasteiger partial charge in [-0.05, 0) is 39.0 Å². The van der Waals surface area contributed by atoms with Crippen LogP contribution in [0.1, 0.15) is 138 Å². The number of unbranched alkanes of at least 4 members (excludes halogenated alkanes) is 11. The van der Waals surface area contributed by atoms with Crippen molar-refractivity contribution in [2.24, 2.45) is 0 Å². The van der Waals surface area contributed by atoms with E-state index in [1.165, 1.54) is 39.7 Å². The van der Waals surface area contributed by atoms with E-state index in [4.69, 9.17) is 61.6 Å². The van der Waals surface area contributed by atoms with Crippen molar-refractivity contribution < 1.29 is 152 Å². The molecule has 0 spiro atoms. The average molecular weight is 1460 g/mol. The highest BCUT2D eigenvalue weighted by Crippen LogP contribution is 2.37. The summed E-state index contributed by atoms with van der Waals surface area (Å²) >= 11 is 0. The van der Waals surface area contributed by atoms with E-state index in [0.717, 1.165) is 86.0 Å². The van der Waals surface area contributed by atoms with Crippen LogP contribution in [0.3, 0.4) is 0 Å². The number of nitrogens with one attached hydrogen (secondary N) is 5. The van der Waals surface area contributed by atoms with Crippen molar-refractivity contribution in [3.8, 4) is 0 Å². The molecule has 6 aliphatic heterocycles. The zero-order chi connectivity index (χ0) is 74.4. The maximum absolute atomic E-state index is 13.6. The number of amides is 5. The van der Waals surface area contributed by atoms with E-state index in [-0.39, 0.29) is 6.42 Å². The Labute approximate surface area is 586 Å². The normalized spacial score (nSPS) is 39.0. The van der Waals surface area contributed by atoms with Crippen LogP contribution in [0.4, 0.5) is 0 Å². The fraction of sp³-hybridized carbons (Fsp3) is 0.877. The fourth-order valence-corrected chi connectivity index (χ4v) is 13.2. The zero-order valence-corrected chi connectivity index (χ0v) is 58.5. The smallest absolute Gasteiger partial charge is 0.302 e. The highest BCUT2D eigenvalue weighted by Gasteiger charge is 2.58. The van der Waals surface area contributed by atoms with Crippen LogP contribution >= 0.6 is 0 Å². The number of carbonyl (C=O) groups is 6. The second-order valence-corrected chi connectivity index (χ2v) is 26.5. The number of carbonyl (C=O) groups excluding carboxylic acids is 6. The van der Waals surface area contributed by atoms with Gasteiger partial charge in [0.15, 0.2) is 37.7 Å². The van der Waals surface area contributed by atoms with Crippen molar-refractivity contribution >= 4 is 35.5 Å². The number of hydrogen-bond acceptors (Lipinski definition) is 31. The Morgan fingerprint density at radius 2 is 0.782 bits per heavy atom. The van der Waals surface area contributed by atoms with Gasteiger partial charge in [-0.25, -0.2) is 0 Å². The molecular formula is C65H111N5O31. The first-order valence-electron chi connectivity index (χ1n) is 34.9. The molecule has 582 valence electrons. The lowest BCUT2D eigenvalue weighted by molar-refractivity contribution is -0.368. The average Bonchev–Trinajstić information content (AvgIpc) is 0.774. The second kappa shape index (κ2) is 42.1. The highest BCUT2D eigenvalue weighted by atomic mass is 16.8. The Morgan fingerprint density at radius 1 is 0.396 bits per heavy atom. The van der Waals surface area contributed by atoms with Gasteiger partial charge in [0.25, 0.3) is 0 Å². The number of aliphatic hydroxyl groups excluding tert-OH is 12. The van der Waals surface area contributed by atoms with Crippen molar-refractivity contribution in [2.45, 2.75) is 322 Å². The summed E-state index contributed by atoms with van der Waals surface area (Å²) in [6.45, 7) is 4.63. The summed E-state index contributed by atoms with van der Waals surface area (Å²) in [5, 5.41) is 149. The van der Waals surface area contributed by atoms with Crippen LogP contribution in [0, 0.1) is 0 Å². The van der Waals surface area contributed by atoms with E-state index < -0.39 is 252 Å². The molecular weight excluding hydrogens is 1350 g/mol. The lowest BCUT2D eigenvalue weighted by Crippen LogP contribution is -2.72. The van der Waals surface area contributed by atoms with E-state index in [1.54, 1.807) is 0 Å². The minimum Gasteiger partial charge on any atom is -0.463 e. The minimum absolute atomic E-state index is 0.00347. The molecule has 0 aromatic rings. The first-order valence-corrected chi connectivity index (χ1v) is 34.9. The summed E-state index contributed by atoms with van der Waals surface area (Å²) in [5.74, 6) is -4.53. The van der Waals surface area contributed by atoms with Crippen molar-refractivity contribution in [3.63, 3.8) is 0 Å². The Kier molecular flexibility index (Phi) is 35.6. The number of allylic oxidation sites excluding steroid dienone is 2. The lowest BCUT2D eigenvalue weighted by Gasteiger charge is -2.51. The van der Waals surface area contributed by atoms with E-state index in [9.17, 15) is 90.0 Å². The van der Waals surface area contributed by atoms with Gasteiger partial charge in [-0.1, -0.05) is 70.4 Å². The number of ether oxygens (including phenoxy) is 13. The van der Waals surface area contributed by atoms with Gasteiger partial charge in [-0.2, -0.15) is 0 Å². The largest absolute Gasteiger partial charge is 0.463 e. The third kappa shape index (κ3) is 24.1. The molecule has 101 heavy (non-hydrogen) atoms. The minimum atomic E-state index is -2.06. The summed E-state index contributed by atoms with van der Waals surface area (Å²) in [6, 6.07) is -8.44. The Morgan fingerprint density at radius 3 is 1.20 bits per heavy atom. The molecule has 0 saturated carbocycles. The third-order valence-electron chi connectivity index (χ3n) is 18.5. The van der Waals surface area contributed by atoms with E-state index in [2.05, 4.69) is 45.7 Å². The van der Waals surface area contributed by atoms with Crippen LogP contribution in [0.5, 0.6) is 0 Å². The standard InChI is InChI=1S/C65H111N5O31/c1-9-10-11-12-13-14-15-16-17-18-19-20-21-22-23-24-41(79)70-43-49(82)48(81)39(28-90-35(7)78)97-61(43)98-55-36(25-71)94-62(44(51(55)84)67-32(4)75)99-56-37(26-72)95-63(45(52(56)85)68-33(5)76)100-57-38(27-73)96-64(46(53(57)86)69-34(6)77)101-58-40(93-60(88)42(50(58)83)66-31(3)74)29-91-65-59(89-8)54(87)47(80)30(2)92-65/h14-15,30,36-40,42-65,71-73,80-88H,9-13,16-29H2,1-8H3,(H,66,74)(H,67,75)(H,68,76)(H,69,77)(H,70,79)/b15-14-/t30?,36?,37?,38?,39?,40?,42?,43?,44?,45?,46?,47-,48-,49-,50-,51-,52-,53-,54-,55-,56-,57-,58-,59?,60-,61+,62+,63+,64+,65-/m1/s1. The van der Waals surface area contributed by atoms with Crippen LogP contribution in [0.25, 0.3) is 0 Å². The van der Waals surface area contributed by atoms with Crippen LogP contribution < -0.4 is 26.6 Å². The van der Waals surface area contributed by atoms with Crippen LogP contribution in [0.15, 0.2) is 12.2 Å². The molecule has 36 heteroatoms. The van der Waals surface area contributed by atoms with Crippen LogP contribution in [-0.4, -0.2) is 321 Å². The van der Waals surface area contributed by atoms with Gasteiger partial charge < -0.3 is 149 Å². The van der Waals surface area contributed by atoms with Crippen molar-refractivity contribution in [1.82, 2.24) is 26.6 Å². The van der Waals surface area contributed by atoms with Crippen LogP contribution in [0.2, 0.25) is 0 Å². The van der Waals surface area contributed by atoms with E-state index >= 15 is 0 Å². The van der Waals surface area contributed by atoms with Gasteiger partial charge in [0.1, 0.15) is 147 Å². The molecule has 0 radical (unpaired) electrons. The van der Waals surface area contributed by atoms with Gasteiger partial charge in [0.05, 0.1) is 32.5 Å². The topological polar surface area (TPSA) is 525 Å². The van der Waals surface area contributed by atoms with E-state index in [1.807, 2.05) is 0 Å². The van der Waals surface area contributed by atoms with Crippen LogP contribution in [-0.2, 0) is 90.3 Å². The van der Waals surface area contributed by atoms with Gasteiger partial charge >= 0.3 is 5.97 Å². The molecule has 6 heterocycles. The summed E-state index contributed by atoms with van der Waals surface area (Å²) in [5.41, 5.74) is 0. The fourth-order valence-electron chi connectivity index (χ4n) is 13.2. The highest BCUT2D eigenvalue weighted by molar-refractivity contribution is 5.76. The molecule has 0 aromatic carbocycles. The maximum Gasteiger partial charge on any atom is 0.302 e. The lowest BCUT2D eigenvalue weighted by atomic mass is 9.93. The molecule has 6 rings (SSSR count). The molecule has 12 unspecified atom stereocenters. The van der Waals surface area contributed by atoms with Gasteiger partial charge in [0, 0.05) is 48.1 Å².